The number of ether oxygens (including phenoxy) is 4. The van der Waals surface area contributed by atoms with Gasteiger partial charge in [-0.15, -0.1) is 0 Å². The van der Waals surface area contributed by atoms with Crippen molar-refractivity contribution in [3.05, 3.63) is 53.1 Å². The van der Waals surface area contributed by atoms with Crippen molar-refractivity contribution in [2.24, 2.45) is 0 Å². The molecule has 1 unspecified atom stereocenters. The van der Waals surface area contributed by atoms with Crippen molar-refractivity contribution in [1.82, 2.24) is 0 Å². The van der Waals surface area contributed by atoms with Gasteiger partial charge in [0.15, 0.2) is 17.5 Å². The Bertz CT molecular complexity index is 902. The molecule has 8 heteroatoms. The number of nitriles is 1. The van der Waals surface area contributed by atoms with Gasteiger partial charge in [0.05, 0.1) is 40.1 Å². The van der Waals surface area contributed by atoms with E-state index in [0.29, 0.717) is 16.8 Å². The Labute approximate surface area is 162 Å². The molecule has 0 aromatic heterocycles. The quantitative estimate of drug-likeness (QED) is 0.726. The summed E-state index contributed by atoms with van der Waals surface area (Å²) in [5, 5.41) is 12.0. The lowest BCUT2D eigenvalue weighted by molar-refractivity contribution is -0.141. The highest BCUT2D eigenvalue weighted by Crippen LogP contribution is 2.36. The van der Waals surface area contributed by atoms with Gasteiger partial charge in [0.25, 0.3) is 0 Å². The average molecular weight is 384 g/mol. The Balaban J connectivity index is 2.54. The maximum atomic E-state index is 12.4. The lowest BCUT2D eigenvalue weighted by Gasteiger charge is -2.21. The first-order valence-electron chi connectivity index (χ1n) is 8.17. The molecule has 1 atom stereocenters. The van der Waals surface area contributed by atoms with E-state index in [1.165, 1.54) is 34.5 Å². The highest BCUT2D eigenvalue weighted by atomic mass is 16.5. The van der Waals surface area contributed by atoms with E-state index in [1.807, 2.05) is 6.07 Å². The molecule has 2 rings (SSSR count). The molecular weight excluding hydrogens is 364 g/mol. The Hall–Kier alpha value is -3.73. The van der Waals surface area contributed by atoms with Gasteiger partial charge in [-0.25, -0.2) is 9.59 Å². The predicted molar refractivity (Wildman–Crippen MR) is 100 cm³/mol. The molecule has 8 nitrogen and oxygen atoms in total. The van der Waals surface area contributed by atoms with E-state index in [4.69, 9.17) is 24.2 Å². The standard InChI is InChI=1S/C20H20N2O6/c1-25-16-10-13(9-15(18(16)26-2)19(23)27-3)17(20(24)28-4)22-14-7-5-12(11-21)6-8-14/h5-10,17,22H,1-4H3. The second kappa shape index (κ2) is 9.28. The van der Waals surface area contributed by atoms with Crippen molar-refractivity contribution in [2.75, 3.05) is 33.8 Å². The zero-order valence-corrected chi connectivity index (χ0v) is 15.9. The van der Waals surface area contributed by atoms with Crippen LogP contribution in [-0.2, 0) is 14.3 Å². The number of nitrogens with one attached hydrogen (secondary N) is 1. The first kappa shape index (κ1) is 20.6. The van der Waals surface area contributed by atoms with Gasteiger partial charge < -0.3 is 24.3 Å². The number of hydrogen-bond acceptors (Lipinski definition) is 8. The maximum Gasteiger partial charge on any atom is 0.341 e. The highest BCUT2D eigenvalue weighted by Gasteiger charge is 2.27. The molecule has 28 heavy (non-hydrogen) atoms. The fourth-order valence-electron chi connectivity index (χ4n) is 2.62. The van der Waals surface area contributed by atoms with Crippen LogP contribution in [0, 0.1) is 11.3 Å². The second-order valence-corrected chi connectivity index (χ2v) is 5.59. The second-order valence-electron chi connectivity index (χ2n) is 5.59. The van der Waals surface area contributed by atoms with Crippen LogP contribution < -0.4 is 14.8 Å². The summed E-state index contributed by atoms with van der Waals surface area (Å²) in [5.41, 5.74) is 1.59. The average Bonchev–Trinajstić information content (AvgIpc) is 2.75. The van der Waals surface area contributed by atoms with Gasteiger partial charge in [0.2, 0.25) is 0 Å². The van der Waals surface area contributed by atoms with Crippen LogP contribution in [0.3, 0.4) is 0 Å². The molecule has 0 saturated heterocycles. The summed E-state index contributed by atoms with van der Waals surface area (Å²) in [7, 11) is 5.33. The normalized spacial score (nSPS) is 11.0. The van der Waals surface area contributed by atoms with Crippen LogP contribution in [0.4, 0.5) is 5.69 Å². The summed E-state index contributed by atoms with van der Waals surface area (Å²) in [6.07, 6.45) is 0. The van der Waals surface area contributed by atoms with Gasteiger partial charge in [-0.1, -0.05) is 0 Å². The summed E-state index contributed by atoms with van der Waals surface area (Å²) in [5.74, 6) is -0.762. The molecule has 0 fully saturated rings. The number of rotatable bonds is 7. The third kappa shape index (κ3) is 4.32. The fraction of sp³-hybridized carbons (Fsp3) is 0.250. The van der Waals surface area contributed by atoms with Crippen LogP contribution in [-0.4, -0.2) is 40.4 Å². The van der Waals surface area contributed by atoms with Crippen molar-refractivity contribution < 1.29 is 28.5 Å². The van der Waals surface area contributed by atoms with E-state index in [9.17, 15) is 9.59 Å². The molecule has 0 aliphatic rings. The number of benzene rings is 2. The number of nitrogens with zero attached hydrogens (tertiary/aromatic N) is 1. The molecule has 0 heterocycles. The molecule has 0 aliphatic carbocycles. The van der Waals surface area contributed by atoms with Crippen molar-refractivity contribution in [1.29, 1.82) is 5.26 Å². The monoisotopic (exact) mass is 384 g/mol. The Kier molecular flexibility index (Phi) is 6.82. The first-order chi connectivity index (χ1) is 13.5. The van der Waals surface area contributed by atoms with Crippen LogP contribution in [0.5, 0.6) is 11.5 Å². The van der Waals surface area contributed by atoms with Gasteiger partial charge in [0, 0.05) is 5.69 Å². The molecule has 0 saturated carbocycles. The minimum atomic E-state index is -0.943. The van der Waals surface area contributed by atoms with Crippen LogP contribution >= 0.6 is 0 Å². The Morgan fingerprint density at radius 3 is 2.18 bits per heavy atom. The summed E-state index contributed by atoms with van der Waals surface area (Å²) >= 11 is 0. The summed E-state index contributed by atoms with van der Waals surface area (Å²) < 4.78 is 20.3. The molecule has 0 bridgehead atoms. The van der Waals surface area contributed by atoms with Crippen LogP contribution in [0.2, 0.25) is 0 Å². The smallest absolute Gasteiger partial charge is 0.341 e. The zero-order chi connectivity index (χ0) is 20.7. The highest BCUT2D eigenvalue weighted by molar-refractivity contribution is 5.94. The lowest BCUT2D eigenvalue weighted by atomic mass is 10.0. The Morgan fingerprint density at radius 1 is 1.00 bits per heavy atom. The van der Waals surface area contributed by atoms with E-state index in [2.05, 4.69) is 5.32 Å². The minimum Gasteiger partial charge on any atom is -0.493 e. The first-order valence-corrected chi connectivity index (χ1v) is 8.17. The number of methoxy groups -OCH3 is 4. The molecule has 0 spiro atoms. The van der Waals surface area contributed by atoms with Gasteiger partial charge >= 0.3 is 11.9 Å². The van der Waals surface area contributed by atoms with Crippen molar-refractivity contribution in [2.45, 2.75) is 6.04 Å². The minimum absolute atomic E-state index is 0.106. The van der Waals surface area contributed by atoms with Gasteiger partial charge in [0.1, 0.15) is 5.56 Å². The van der Waals surface area contributed by atoms with Gasteiger partial charge in [-0.2, -0.15) is 5.26 Å². The third-order valence-corrected chi connectivity index (χ3v) is 4.00. The number of carbonyl (C=O) groups is 2. The van der Waals surface area contributed by atoms with Gasteiger partial charge in [-0.3, -0.25) is 0 Å². The molecule has 0 amide bonds. The molecule has 0 aliphatic heterocycles. The lowest BCUT2D eigenvalue weighted by Crippen LogP contribution is -2.23. The van der Waals surface area contributed by atoms with E-state index in [-0.39, 0.29) is 17.1 Å². The molecule has 1 N–H and O–H groups in total. The fourth-order valence-corrected chi connectivity index (χ4v) is 2.62. The topological polar surface area (TPSA) is 107 Å². The van der Waals surface area contributed by atoms with E-state index >= 15 is 0 Å². The number of hydrogen-bond donors (Lipinski definition) is 1. The van der Waals surface area contributed by atoms with Gasteiger partial charge in [-0.05, 0) is 42.0 Å². The largest absolute Gasteiger partial charge is 0.493 e. The van der Waals surface area contributed by atoms with Crippen molar-refractivity contribution >= 4 is 17.6 Å². The summed E-state index contributed by atoms with van der Waals surface area (Å²) in [4.78, 5) is 24.6. The van der Waals surface area contributed by atoms with Crippen molar-refractivity contribution in [3.8, 4) is 17.6 Å². The molecule has 0 radical (unpaired) electrons. The number of carbonyl (C=O) groups excluding carboxylic acids is 2. The molecule has 2 aromatic carbocycles. The number of esters is 2. The zero-order valence-electron chi connectivity index (χ0n) is 15.9. The molecule has 2 aromatic rings. The summed E-state index contributed by atoms with van der Waals surface area (Å²) in [6, 6.07) is 10.7. The summed E-state index contributed by atoms with van der Waals surface area (Å²) in [6.45, 7) is 0. The predicted octanol–water partition coefficient (Wildman–Crippen LogP) is 2.69. The van der Waals surface area contributed by atoms with Crippen molar-refractivity contribution in [3.63, 3.8) is 0 Å². The van der Waals surface area contributed by atoms with Crippen LogP contribution in [0.15, 0.2) is 36.4 Å². The third-order valence-electron chi connectivity index (χ3n) is 4.00. The van der Waals surface area contributed by atoms with E-state index in [0.717, 1.165) is 0 Å². The Morgan fingerprint density at radius 2 is 1.68 bits per heavy atom. The SMILES string of the molecule is COC(=O)c1cc(C(Nc2ccc(C#N)cc2)C(=O)OC)cc(OC)c1OC. The molecule has 146 valence electrons. The van der Waals surface area contributed by atoms with E-state index in [1.54, 1.807) is 30.3 Å². The van der Waals surface area contributed by atoms with Crippen LogP contribution in [0.1, 0.15) is 27.5 Å². The molecular formula is C20H20N2O6. The number of anilines is 1. The maximum absolute atomic E-state index is 12.4. The van der Waals surface area contributed by atoms with Crippen LogP contribution in [0.25, 0.3) is 0 Å². The van der Waals surface area contributed by atoms with E-state index < -0.39 is 18.0 Å².